The maximum Gasteiger partial charge on any atom is 0.321 e. The summed E-state index contributed by atoms with van der Waals surface area (Å²) in [5.74, 6) is -0.300. The number of hydrogen-bond acceptors (Lipinski definition) is 5. The van der Waals surface area contributed by atoms with Gasteiger partial charge in [-0.2, -0.15) is 0 Å². The number of aromatic nitrogens is 2. The summed E-state index contributed by atoms with van der Waals surface area (Å²) in [5.41, 5.74) is 5.93. The van der Waals surface area contributed by atoms with E-state index in [1.807, 2.05) is 58.0 Å². The smallest absolute Gasteiger partial charge is 0.321 e. The van der Waals surface area contributed by atoms with Gasteiger partial charge in [0.15, 0.2) is 0 Å². The Bertz CT molecular complexity index is 1020. The first-order chi connectivity index (χ1) is 13.8. The molecule has 3 rings (SSSR count). The molecule has 0 radical (unpaired) electrons. The van der Waals surface area contributed by atoms with E-state index in [9.17, 15) is 9.59 Å². The molecule has 29 heavy (non-hydrogen) atoms. The molecule has 0 spiro atoms. The molecule has 3 amide bonds. The Morgan fingerprint density at radius 3 is 2.24 bits per heavy atom. The van der Waals surface area contributed by atoms with Gasteiger partial charge in [0.25, 0.3) is 0 Å². The molecule has 0 fully saturated rings. The molecule has 8 heteroatoms. The topological polar surface area (TPSA) is 96.0 Å². The molecule has 0 aliphatic rings. The van der Waals surface area contributed by atoms with Gasteiger partial charge >= 0.3 is 6.03 Å². The van der Waals surface area contributed by atoms with Crippen molar-refractivity contribution >= 4 is 34.1 Å². The van der Waals surface area contributed by atoms with Crippen molar-refractivity contribution in [3.8, 4) is 10.6 Å². The summed E-state index contributed by atoms with van der Waals surface area (Å²) in [5, 5.41) is 17.2. The van der Waals surface area contributed by atoms with Gasteiger partial charge in [0.05, 0.1) is 6.54 Å². The molecule has 7 nitrogen and oxygen atoms in total. The second-order valence-corrected chi connectivity index (χ2v) is 7.89. The molecule has 1 aromatic heterocycles. The fraction of sp³-hybridized carbons (Fsp3) is 0.238. The second-order valence-electron chi connectivity index (χ2n) is 6.91. The highest BCUT2D eigenvalue weighted by Gasteiger charge is 2.12. The van der Waals surface area contributed by atoms with Gasteiger partial charge in [-0.3, -0.25) is 10.1 Å². The molecular formula is C21H23N5O2S. The van der Waals surface area contributed by atoms with Gasteiger partial charge in [-0.1, -0.05) is 46.7 Å². The van der Waals surface area contributed by atoms with E-state index >= 15 is 0 Å². The van der Waals surface area contributed by atoms with E-state index in [1.54, 1.807) is 0 Å². The van der Waals surface area contributed by atoms with Crippen molar-refractivity contribution < 1.29 is 9.59 Å². The van der Waals surface area contributed by atoms with Crippen molar-refractivity contribution in [1.29, 1.82) is 0 Å². The average Bonchev–Trinajstić information content (AvgIpc) is 3.11. The minimum absolute atomic E-state index is 0.150. The minimum atomic E-state index is -0.509. The number of nitrogens with zero attached hydrogens (tertiary/aromatic N) is 2. The van der Waals surface area contributed by atoms with Gasteiger partial charge in [-0.25, -0.2) is 4.79 Å². The minimum Gasteiger partial charge on any atom is -0.329 e. The zero-order chi connectivity index (χ0) is 21.0. The lowest BCUT2D eigenvalue weighted by molar-refractivity contribution is -0.115. The Kier molecular flexibility index (Phi) is 6.23. The molecule has 150 valence electrons. The predicted octanol–water partition coefficient (Wildman–Crippen LogP) is 4.20. The number of hydrogen-bond donors (Lipinski definition) is 3. The van der Waals surface area contributed by atoms with Crippen LogP contribution in [0, 0.1) is 27.7 Å². The van der Waals surface area contributed by atoms with Crippen molar-refractivity contribution in [2.45, 2.75) is 27.7 Å². The van der Waals surface area contributed by atoms with Crippen LogP contribution in [0.15, 0.2) is 36.4 Å². The molecule has 2 aromatic carbocycles. The van der Waals surface area contributed by atoms with E-state index in [1.165, 1.54) is 11.3 Å². The van der Waals surface area contributed by atoms with Crippen molar-refractivity contribution in [1.82, 2.24) is 15.5 Å². The Labute approximate surface area is 173 Å². The number of carbonyl (C=O) groups is 2. The summed E-state index contributed by atoms with van der Waals surface area (Å²) in [4.78, 5) is 24.2. The summed E-state index contributed by atoms with van der Waals surface area (Å²) in [6, 6.07) is 11.4. The Morgan fingerprint density at radius 1 is 0.931 bits per heavy atom. The van der Waals surface area contributed by atoms with E-state index in [-0.39, 0.29) is 12.5 Å². The van der Waals surface area contributed by atoms with Crippen LogP contribution in [0.2, 0.25) is 0 Å². The van der Waals surface area contributed by atoms with Gasteiger partial charge in [0.1, 0.15) is 5.01 Å². The number of nitrogens with one attached hydrogen (secondary N) is 3. The Balaban J connectivity index is 1.55. The Morgan fingerprint density at radius 2 is 1.59 bits per heavy atom. The molecule has 0 saturated heterocycles. The molecule has 0 saturated carbocycles. The average molecular weight is 410 g/mol. The van der Waals surface area contributed by atoms with E-state index in [2.05, 4.69) is 32.2 Å². The van der Waals surface area contributed by atoms with Crippen LogP contribution >= 0.6 is 11.3 Å². The van der Waals surface area contributed by atoms with Gasteiger partial charge in [0.2, 0.25) is 11.0 Å². The predicted molar refractivity (Wildman–Crippen MR) is 116 cm³/mol. The fourth-order valence-corrected chi connectivity index (χ4v) is 3.71. The molecule has 0 atom stereocenters. The lowest BCUT2D eigenvalue weighted by Gasteiger charge is -2.11. The molecule has 1 heterocycles. The fourth-order valence-electron chi connectivity index (χ4n) is 2.99. The van der Waals surface area contributed by atoms with Gasteiger partial charge < -0.3 is 10.6 Å². The first kappa shape index (κ1) is 20.5. The molecule has 0 unspecified atom stereocenters. The van der Waals surface area contributed by atoms with Crippen LogP contribution in [0.5, 0.6) is 0 Å². The summed E-state index contributed by atoms with van der Waals surface area (Å²) in [7, 11) is 0. The van der Waals surface area contributed by atoms with Crippen molar-refractivity contribution in [2.75, 3.05) is 17.2 Å². The number of amides is 3. The van der Waals surface area contributed by atoms with Crippen LogP contribution in [0.25, 0.3) is 10.6 Å². The number of aryl methyl sites for hydroxylation is 4. The third-order valence-corrected chi connectivity index (χ3v) is 5.16. The summed E-state index contributed by atoms with van der Waals surface area (Å²) in [6.45, 7) is 7.74. The molecular weight excluding hydrogens is 386 g/mol. The first-order valence-electron chi connectivity index (χ1n) is 9.15. The molecule has 0 aliphatic heterocycles. The number of anilines is 2. The van der Waals surface area contributed by atoms with Crippen LogP contribution in [0.1, 0.15) is 22.3 Å². The first-order valence-corrected chi connectivity index (χ1v) is 9.96. The highest BCUT2D eigenvalue weighted by Crippen LogP contribution is 2.27. The molecule has 0 aliphatic carbocycles. The van der Waals surface area contributed by atoms with E-state index in [0.29, 0.717) is 5.13 Å². The van der Waals surface area contributed by atoms with Gasteiger partial charge in [-0.15, -0.1) is 10.2 Å². The SMILES string of the molecule is Cc1cc(C)cc(-c2nnc(NC(=O)NCC(=O)Nc3c(C)cccc3C)s2)c1. The van der Waals surface area contributed by atoms with Crippen LogP contribution < -0.4 is 16.0 Å². The lowest BCUT2D eigenvalue weighted by atomic mass is 10.1. The van der Waals surface area contributed by atoms with Crippen molar-refractivity contribution in [3.05, 3.63) is 58.7 Å². The van der Waals surface area contributed by atoms with Crippen molar-refractivity contribution in [3.63, 3.8) is 0 Å². The highest BCUT2D eigenvalue weighted by molar-refractivity contribution is 7.18. The number of urea groups is 1. The van der Waals surface area contributed by atoms with Crippen LogP contribution in [-0.2, 0) is 4.79 Å². The number of rotatable bonds is 5. The molecule has 3 aromatic rings. The third kappa shape index (κ3) is 5.39. The molecule has 0 bridgehead atoms. The summed E-state index contributed by atoms with van der Waals surface area (Å²) >= 11 is 1.28. The normalized spacial score (nSPS) is 10.5. The van der Waals surface area contributed by atoms with Gasteiger partial charge in [0, 0.05) is 11.3 Å². The standard InChI is InChI=1S/C21H23N5O2S/c1-12-8-13(2)10-16(9-12)19-25-26-21(29-19)24-20(28)22-11-17(27)23-18-14(3)6-5-7-15(18)4/h5-10H,11H2,1-4H3,(H,23,27)(H2,22,24,26,28). The largest absolute Gasteiger partial charge is 0.329 e. The van der Waals surface area contributed by atoms with E-state index in [0.717, 1.165) is 38.5 Å². The monoisotopic (exact) mass is 409 g/mol. The quantitative estimate of drug-likeness (QED) is 0.588. The third-order valence-electron chi connectivity index (χ3n) is 4.27. The number of benzene rings is 2. The van der Waals surface area contributed by atoms with Crippen LogP contribution in [-0.4, -0.2) is 28.7 Å². The maximum atomic E-state index is 12.1. The Hall–Kier alpha value is -3.26. The van der Waals surface area contributed by atoms with E-state index < -0.39 is 6.03 Å². The highest BCUT2D eigenvalue weighted by atomic mass is 32.1. The summed E-state index contributed by atoms with van der Waals surface area (Å²) in [6.07, 6.45) is 0. The van der Waals surface area contributed by atoms with E-state index in [4.69, 9.17) is 0 Å². The number of para-hydroxylation sites is 1. The molecule has 3 N–H and O–H groups in total. The lowest BCUT2D eigenvalue weighted by Crippen LogP contribution is -2.36. The van der Waals surface area contributed by atoms with Crippen LogP contribution in [0.3, 0.4) is 0 Å². The zero-order valence-corrected chi connectivity index (χ0v) is 17.6. The number of carbonyl (C=O) groups excluding carboxylic acids is 2. The zero-order valence-electron chi connectivity index (χ0n) is 16.8. The van der Waals surface area contributed by atoms with Gasteiger partial charge in [-0.05, 0) is 51.0 Å². The van der Waals surface area contributed by atoms with Crippen molar-refractivity contribution in [2.24, 2.45) is 0 Å². The van der Waals surface area contributed by atoms with Crippen LogP contribution in [0.4, 0.5) is 15.6 Å². The summed E-state index contributed by atoms with van der Waals surface area (Å²) < 4.78 is 0. The maximum absolute atomic E-state index is 12.1. The second kappa shape index (κ2) is 8.83.